The lowest BCUT2D eigenvalue weighted by Crippen LogP contribution is -2.22. The van der Waals surface area contributed by atoms with E-state index in [1.54, 1.807) is 12.1 Å². The molecule has 3 N–H and O–H groups in total. The summed E-state index contributed by atoms with van der Waals surface area (Å²) in [5.41, 5.74) is 1.04. The van der Waals surface area contributed by atoms with Crippen molar-refractivity contribution in [3.05, 3.63) is 50.1 Å². The molecule has 0 aliphatic carbocycles. The van der Waals surface area contributed by atoms with Gasteiger partial charge in [0, 0.05) is 20.3 Å². The van der Waals surface area contributed by atoms with Gasteiger partial charge in [0.1, 0.15) is 12.4 Å². The number of nitrogens with one attached hydrogen (secondary N) is 1. The molecule has 1 aromatic heterocycles. The van der Waals surface area contributed by atoms with E-state index in [-0.39, 0.29) is 23.8 Å². The Morgan fingerprint density at radius 3 is 2.90 bits per heavy atom. The Morgan fingerprint density at radius 2 is 2.19 bits per heavy atom. The molecule has 0 unspecified atom stereocenters. The molecular formula is C15H12BrNO3S. The number of hydrogen-bond acceptors (Lipinski definition) is 4. The van der Waals surface area contributed by atoms with Crippen molar-refractivity contribution in [2.45, 2.75) is 6.54 Å². The molecule has 1 aromatic carbocycles. The van der Waals surface area contributed by atoms with Gasteiger partial charge < -0.3 is 15.5 Å². The van der Waals surface area contributed by atoms with Crippen molar-refractivity contribution in [3.63, 3.8) is 0 Å². The van der Waals surface area contributed by atoms with Gasteiger partial charge in [-0.15, -0.1) is 11.3 Å². The second-order valence-corrected chi connectivity index (χ2v) is 6.02. The van der Waals surface area contributed by atoms with Crippen molar-refractivity contribution in [1.29, 1.82) is 0 Å². The summed E-state index contributed by atoms with van der Waals surface area (Å²) in [7, 11) is 0. The average Bonchev–Trinajstić information content (AvgIpc) is 2.90. The van der Waals surface area contributed by atoms with Crippen LogP contribution in [0.15, 0.2) is 34.1 Å². The maximum absolute atomic E-state index is 12.0. The number of aliphatic hydroxyl groups excluding tert-OH is 1. The Balaban J connectivity index is 1.99. The van der Waals surface area contributed by atoms with Crippen LogP contribution in [0.1, 0.15) is 20.8 Å². The summed E-state index contributed by atoms with van der Waals surface area (Å²) in [4.78, 5) is 12.9. The predicted octanol–water partition coefficient (Wildman–Crippen LogP) is 2.49. The number of phenolic OH excluding ortho intramolecular Hbond substituents is 1. The van der Waals surface area contributed by atoms with Gasteiger partial charge in [0.05, 0.1) is 12.1 Å². The zero-order valence-corrected chi connectivity index (χ0v) is 13.3. The smallest absolute Gasteiger partial charge is 0.255 e. The Hall–Kier alpha value is -1.81. The van der Waals surface area contributed by atoms with Crippen molar-refractivity contribution in [2.24, 2.45) is 0 Å². The Morgan fingerprint density at radius 1 is 1.38 bits per heavy atom. The van der Waals surface area contributed by atoms with Crippen LogP contribution in [0.5, 0.6) is 5.75 Å². The zero-order valence-electron chi connectivity index (χ0n) is 10.9. The molecule has 0 atom stereocenters. The van der Waals surface area contributed by atoms with Crippen molar-refractivity contribution in [1.82, 2.24) is 5.32 Å². The molecule has 2 rings (SSSR count). The lowest BCUT2D eigenvalue weighted by atomic mass is 10.2. The van der Waals surface area contributed by atoms with E-state index in [0.717, 1.165) is 10.4 Å². The van der Waals surface area contributed by atoms with Gasteiger partial charge >= 0.3 is 0 Å². The number of hydrogen-bond donors (Lipinski definition) is 3. The molecule has 1 heterocycles. The van der Waals surface area contributed by atoms with E-state index in [1.807, 2.05) is 11.4 Å². The van der Waals surface area contributed by atoms with Crippen LogP contribution in [0, 0.1) is 11.8 Å². The summed E-state index contributed by atoms with van der Waals surface area (Å²) in [6, 6.07) is 6.58. The lowest BCUT2D eigenvalue weighted by molar-refractivity contribution is 0.0948. The number of aromatic hydroxyl groups is 1. The molecule has 0 radical (unpaired) electrons. The minimum absolute atomic E-state index is 0.0671. The van der Waals surface area contributed by atoms with Gasteiger partial charge in [-0.3, -0.25) is 4.79 Å². The number of amides is 1. The highest BCUT2D eigenvalue weighted by Gasteiger charge is 2.11. The van der Waals surface area contributed by atoms with Crippen LogP contribution >= 0.6 is 27.3 Å². The number of benzene rings is 1. The molecule has 21 heavy (non-hydrogen) atoms. The molecule has 0 aliphatic heterocycles. The van der Waals surface area contributed by atoms with Gasteiger partial charge in [-0.1, -0.05) is 27.8 Å². The first-order valence-corrected chi connectivity index (χ1v) is 7.71. The van der Waals surface area contributed by atoms with Crippen LogP contribution in [-0.4, -0.2) is 22.7 Å². The standard InChI is InChI=1S/C15H12BrNO3S/c16-11-3-4-13(14(19)7-11)15(20)17-8-12-6-10(9-21-12)2-1-5-18/h3-4,6-7,9,18-19H,5,8H2,(H,17,20). The minimum atomic E-state index is -0.337. The quantitative estimate of drug-likeness (QED) is 0.731. The van der Waals surface area contributed by atoms with E-state index in [1.165, 1.54) is 17.4 Å². The first-order chi connectivity index (χ1) is 10.1. The highest BCUT2D eigenvalue weighted by molar-refractivity contribution is 9.10. The second kappa shape index (κ2) is 7.27. The first kappa shape index (κ1) is 15.6. The number of aliphatic hydroxyl groups is 1. The molecule has 6 heteroatoms. The number of carbonyl (C=O) groups is 1. The van der Waals surface area contributed by atoms with Crippen molar-refractivity contribution >= 4 is 33.2 Å². The van der Waals surface area contributed by atoms with Gasteiger partial charge in [0.25, 0.3) is 5.91 Å². The molecule has 0 aliphatic rings. The summed E-state index contributed by atoms with van der Waals surface area (Å²) in [5, 5.41) is 23.0. The van der Waals surface area contributed by atoms with E-state index in [4.69, 9.17) is 5.11 Å². The molecule has 108 valence electrons. The number of rotatable bonds is 3. The molecule has 0 spiro atoms. The normalized spacial score (nSPS) is 9.81. The largest absolute Gasteiger partial charge is 0.507 e. The lowest BCUT2D eigenvalue weighted by Gasteiger charge is -2.06. The maximum atomic E-state index is 12.0. The van der Waals surface area contributed by atoms with Crippen LogP contribution in [0.2, 0.25) is 0 Å². The van der Waals surface area contributed by atoms with Gasteiger partial charge in [-0.2, -0.15) is 0 Å². The summed E-state index contributed by atoms with van der Waals surface area (Å²) >= 11 is 4.70. The fourth-order valence-corrected chi connectivity index (χ4v) is 2.74. The molecule has 0 saturated heterocycles. The molecule has 2 aromatic rings. The van der Waals surface area contributed by atoms with Crippen LogP contribution < -0.4 is 5.32 Å². The summed E-state index contributed by atoms with van der Waals surface area (Å²) in [6.45, 7) is 0.185. The molecule has 0 fully saturated rings. The van der Waals surface area contributed by atoms with Gasteiger partial charge in [-0.05, 0) is 24.3 Å². The third-order valence-corrected chi connectivity index (χ3v) is 4.02. The van der Waals surface area contributed by atoms with Gasteiger partial charge in [0.15, 0.2) is 0 Å². The SMILES string of the molecule is O=C(NCc1cc(C#CCO)cs1)c1ccc(Br)cc1O. The highest BCUT2D eigenvalue weighted by Crippen LogP contribution is 2.22. The Bertz CT molecular complexity index is 715. The summed E-state index contributed by atoms with van der Waals surface area (Å²) in [6.07, 6.45) is 0. The van der Waals surface area contributed by atoms with Crippen LogP contribution in [-0.2, 0) is 6.54 Å². The fourth-order valence-electron chi connectivity index (χ4n) is 1.64. The van der Waals surface area contributed by atoms with E-state index in [9.17, 15) is 9.90 Å². The zero-order chi connectivity index (χ0) is 15.2. The highest BCUT2D eigenvalue weighted by atomic mass is 79.9. The van der Waals surface area contributed by atoms with Crippen LogP contribution in [0.4, 0.5) is 0 Å². The van der Waals surface area contributed by atoms with Crippen LogP contribution in [0.3, 0.4) is 0 Å². The molecule has 4 nitrogen and oxygen atoms in total. The third kappa shape index (κ3) is 4.33. The molecule has 1 amide bonds. The van der Waals surface area contributed by atoms with E-state index >= 15 is 0 Å². The monoisotopic (exact) mass is 365 g/mol. The minimum Gasteiger partial charge on any atom is -0.507 e. The maximum Gasteiger partial charge on any atom is 0.255 e. The molecular weight excluding hydrogens is 354 g/mol. The number of phenols is 1. The van der Waals surface area contributed by atoms with Crippen LogP contribution in [0.25, 0.3) is 0 Å². The van der Waals surface area contributed by atoms with Crippen molar-refractivity contribution < 1.29 is 15.0 Å². The Labute approximate surface area is 134 Å². The number of thiophene rings is 1. The predicted molar refractivity (Wildman–Crippen MR) is 85.3 cm³/mol. The van der Waals surface area contributed by atoms with Gasteiger partial charge in [-0.25, -0.2) is 0 Å². The molecule has 0 bridgehead atoms. The second-order valence-electron chi connectivity index (χ2n) is 4.11. The van der Waals surface area contributed by atoms with Crippen molar-refractivity contribution in [3.8, 4) is 17.6 Å². The Kier molecular flexibility index (Phi) is 5.39. The summed E-state index contributed by atoms with van der Waals surface area (Å²) in [5.74, 6) is 4.97. The van der Waals surface area contributed by atoms with Crippen molar-refractivity contribution in [2.75, 3.05) is 6.61 Å². The fraction of sp³-hybridized carbons (Fsp3) is 0.133. The van der Waals surface area contributed by atoms with E-state index in [2.05, 4.69) is 33.1 Å². The first-order valence-electron chi connectivity index (χ1n) is 6.04. The van der Waals surface area contributed by atoms with E-state index in [0.29, 0.717) is 11.0 Å². The van der Waals surface area contributed by atoms with E-state index < -0.39 is 0 Å². The average molecular weight is 366 g/mol. The number of carbonyl (C=O) groups excluding carboxylic acids is 1. The molecule has 0 saturated carbocycles. The van der Waals surface area contributed by atoms with Gasteiger partial charge in [0.2, 0.25) is 0 Å². The number of halogens is 1. The topological polar surface area (TPSA) is 69.6 Å². The third-order valence-electron chi connectivity index (χ3n) is 2.59. The summed E-state index contributed by atoms with van der Waals surface area (Å²) < 4.78 is 0.710.